The second kappa shape index (κ2) is 6.69. The third kappa shape index (κ3) is 3.92. The van der Waals surface area contributed by atoms with Crippen molar-refractivity contribution in [1.29, 1.82) is 0 Å². The van der Waals surface area contributed by atoms with Crippen LogP contribution in [0.4, 0.5) is 11.4 Å². The van der Waals surface area contributed by atoms with E-state index in [1.54, 1.807) is 19.1 Å². The predicted octanol–water partition coefficient (Wildman–Crippen LogP) is 1.77. The first-order valence-electron chi connectivity index (χ1n) is 5.69. The molecule has 19 heavy (non-hydrogen) atoms. The minimum atomic E-state index is -1.18. The minimum Gasteiger partial charge on any atom is -0.478 e. The van der Waals surface area contributed by atoms with Gasteiger partial charge in [-0.05, 0) is 12.5 Å². The Balaban J connectivity index is 2.99. The van der Waals surface area contributed by atoms with E-state index in [0.29, 0.717) is 18.8 Å². The normalized spacial score (nSPS) is 10.2. The first-order valence-corrected chi connectivity index (χ1v) is 5.69. The highest BCUT2D eigenvalue weighted by Gasteiger charge is 2.18. The Labute approximate surface area is 110 Å². The van der Waals surface area contributed by atoms with E-state index in [0.717, 1.165) is 12.5 Å². The molecule has 0 aliphatic carbocycles. The standard InChI is InChI=1S/C12H16N2O5/c1-13(6-3-7-19-2)11-5-4-9(14(17)18)8-10(11)12(15)16/h4-5,8H,3,6-7H2,1-2H3,(H,15,16). The van der Waals surface area contributed by atoms with Crippen molar-refractivity contribution in [2.75, 3.05) is 32.2 Å². The molecule has 0 aliphatic heterocycles. The molecule has 104 valence electrons. The molecule has 1 aromatic rings. The van der Waals surface area contributed by atoms with E-state index < -0.39 is 10.9 Å². The van der Waals surface area contributed by atoms with Gasteiger partial charge in [-0.15, -0.1) is 0 Å². The van der Waals surface area contributed by atoms with Crippen LogP contribution in [-0.2, 0) is 4.74 Å². The Morgan fingerprint density at radius 3 is 2.74 bits per heavy atom. The largest absolute Gasteiger partial charge is 0.478 e. The smallest absolute Gasteiger partial charge is 0.338 e. The van der Waals surface area contributed by atoms with Gasteiger partial charge in [0.2, 0.25) is 0 Å². The van der Waals surface area contributed by atoms with E-state index in [2.05, 4.69) is 0 Å². The molecule has 1 aromatic carbocycles. The van der Waals surface area contributed by atoms with Gasteiger partial charge < -0.3 is 14.7 Å². The summed E-state index contributed by atoms with van der Waals surface area (Å²) in [4.78, 5) is 22.9. The number of hydrogen-bond donors (Lipinski definition) is 1. The number of hydrogen-bond acceptors (Lipinski definition) is 5. The number of nitro groups is 1. The van der Waals surface area contributed by atoms with Crippen LogP contribution in [0.3, 0.4) is 0 Å². The number of non-ortho nitro benzene ring substituents is 1. The van der Waals surface area contributed by atoms with Crippen LogP contribution in [0.25, 0.3) is 0 Å². The molecule has 0 aliphatic rings. The lowest BCUT2D eigenvalue weighted by Crippen LogP contribution is -2.22. The number of carboxylic acid groups (broad SMARTS) is 1. The molecule has 1 rings (SSSR count). The summed E-state index contributed by atoms with van der Waals surface area (Å²) in [6.07, 6.45) is 0.739. The lowest BCUT2D eigenvalue weighted by atomic mass is 10.1. The lowest BCUT2D eigenvalue weighted by Gasteiger charge is -2.20. The van der Waals surface area contributed by atoms with Crippen molar-refractivity contribution in [3.8, 4) is 0 Å². The Morgan fingerprint density at radius 2 is 2.21 bits per heavy atom. The molecule has 0 heterocycles. The van der Waals surface area contributed by atoms with Crippen LogP contribution < -0.4 is 4.90 Å². The van der Waals surface area contributed by atoms with Gasteiger partial charge in [0.15, 0.2) is 0 Å². The second-order valence-corrected chi connectivity index (χ2v) is 4.03. The molecular weight excluding hydrogens is 252 g/mol. The first-order chi connectivity index (χ1) is 8.97. The van der Waals surface area contributed by atoms with Gasteiger partial charge in [-0.25, -0.2) is 4.79 Å². The summed E-state index contributed by atoms with van der Waals surface area (Å²) in [7, 11) is 3.33. The summed E-state index contributed by atoms with van der Waals surface area (Å²) in [5, 5.41) is 19.8. The molecule has 7 nitrogen and oxygen atoms in total. The number of benzene rings is 1. The number of ether oxygens (including phenoxy) is 1. The van der Waals surface area contributed by atoms with Gasteiger partial charge in [0.05, 0.1) is 16.2 Å². The average molecular weight is 268 g/mol. The fourth-order valence-electron chi connectivity index (χ4n) is 1.71. The zero-order chi connectivity index (χ0) is 14.4. The number of methoxy groups -OCH3 is 1. The highest BCUT2D eigenvalue weighted by Crippen LogP contribution is 2.25. The minimum absolute atomic E-state index is 0.0749. The lowest BCUT2D eigenvalue weighted by molar-refractivity contribution is -0.384. The molecule has 0 fully saturated rings. The maximum Gasteiger partial charge on any atom is 0.338 e. The predicted molar refractivity (Wildman–Crippen MR) is 69.8 cm³/mol. The summed E-state index contributed by atoms with van der Waals surface area (Å²) in [5.74, 6) is -1.18. The summed E-state index contributed by atoms with van der Waals surface area (Å²) < 4.78 is 4.92. The van der Waals surface area contributed by atoms with E-state index in [9.17, 15) is 14.9 Å². The van der Waals surface area contributed by atoms with Crippen LogP contribution in [-0.4, -0.2) is 43.3 Å². The van der Waals surface area contributed by atoms with Crippen LogP contribution in [0.2, 0.25) is 0 Å². The van der Waals surface area contributed by atoms with Crippen molar-refractivity contribution in [2.45, 2.75) is 6.42 Å². The molecule has 0 saturated heterocycles. The number of carboxylic acids is 1. The van der Waals surface area contributed by atoms with Gasteiger partial charge in [-0.1, -0.05) is 0 Å². The molecule has 0 spiro atoms. The number of nitrogens with zero attached hydrogens (tertiary/aromatic N) is 2. The Bertz CT molecular complexity index is 475. The zero-order valence-corrected chi connectivity index (χ0v) is 10.8. The molecule has 0 atom stereocenters. The van der Waals surface area contributed by atoms with Crippen LogP contribution >= 0.6 is 0 Å². The summed E-state index contributed by atoms with van der Waals surface area (Å²) in [5.41, 5.74) is 0.148. The quantitative estimate of drug-likeness (QED) is 0.460. The third-order valence-corrected chi connectivity index (χ3v) is 2.67. The maximum atomic E-state index is 11.2. The number of nitro benzene ring substituents is 1. The van der Waals surface area contributed by atoms with E-state index >= 15 is 0 Å². The van der Waals surface area contributed by atoms with Crippen molar-refractivity contribution in [3.63, 3.8) is 0 Å². The third-order valence-electron chi connectivity index (χ3n) is 2.67. The second-order valence-electron chi connectivity index (χ2n) is 4.03. The molecular formula is C12H16N2O5. The Hall–Kier alpha value is -2.15. The number of rotatable bonds is 7. The summed E-state index contributed by atoms with van der Waals surface area (Å²) >= 11 is 0. The molecule has 0 amide bonds. The van der Waals surface area contributed by atoms with Crippen LogP contribution in [0.1, 0.15) is 16.8 Å². The van der Waals surface area contributed by atoms with Crippen molar-refractivity contribution >= 4 is 17.3 Å². The number of carbonyl (C=O) groups is 1. The van der Waals surface area contributed by atoms with Gasteiger partial charge in [-0.2, -0.15) is 0 Å². The van der Waals surface area contributed by atoms with Crippen molar-refractivity contribution in [2.24, 2.45) is 0 Å². The monoisotopic (exact) mass is 268 g/mol. The Kier molecular flexibility index (Phi) is 5.25. The number of anilines is 1. The summed E-state index contributed by atoms with van der Waals surface area (Å²) in [6.45, 7) is 1.17. The fraction of sp³-hybridized carbons (Fsp3) is 0.417. The number of aromatic carboxylic acids is 1. The highest BCUT2D eigenvalue weighted by atomic mass is 16.6. The van der Waals surface area contributed by atoms with Crippen molar-refractivity contribution < 1.29 is 19.6 Å². The highest BCUT2D eigenvalue weighted by molar-refractivity contribution is 5.95. The first kappa shape index (κ1) is 14.9. The van der Waals surface area contributed by atoms with E-state index in [-0.39, 0.29) is 11.3 Å². The zero-order valence-electron chi connectivity index (χ0n) is 10.8. The van der Waals surface area contributed by atoms with Crippen molar-refractivity contribution in [1.82, 2.24) is 0 Å². The van der Waals surface area contributed by atoms with Crippen LogP contribution in [0.15, 0.2) is 18.2 Å². The van der Waals surface area contributed by atoms with Gasteiger partial charge in [0.25, 0.3) is 5.69 Å². The van der Waals surface area contributed by atoms with Crippen molar-refractivity contribution in [3.05, 3.63) is 33.9 Å². The van der Waals surface area contributed by atoms with Gasteiger partial charge in [-0.3, -0.25) is 10.1 Å². The topological polar surface area (TPSA) is 92.9 Å². The van der Waals surface area contributed by atoms with E-state index in [1.165, 1.54) is 12.1 Å². The van der Waals surface area contributed by atoms with Crippen LogP contribution in [0.5, 0.6) is 0 Å². The Morgan fingerprint density at radius 1 is 1.53 bits per heavy atom. The van der Waals surface area contributed by atoms with E-state index in [4.69, 9.17) is 9.84 Å². The SMILES string of the molecule is COCCCN(C)c1ccc([N+](=O)[O-])cc1C(=O)O. The van der Waals surface area contributed by atoms with Gasteiger partial charge in [0, 0.05) is 39.4 Å². The molecule has 0 bridgehead atoms. The summed E-state index contributed by atoms with van der Waals surface area (Å²) in [6, 6.07) is 3.83. The molecule has 0 saturated carbocycles. The van der Waals surface area contributed by atoms with E-state index in [1.807, 2.05) is 0 Å². The van der Waals surface area contributed by atoms with Gasteiger partial charge >= 0.3 is 5.97 Å². The van der Waals surface area contributed by atoms with Crippen LogP contribution in [0, 0.1) is 10.1 Å². The molecule has 0 unspecified atom stereocenters. The molecule has 0 aromatic heterocycles. The molecule has 0 radical (unpaired) electrons. The molecule has 7 heteroatoms. The molecule has 1 N–H and O–H groups in total. The fourth-order valence-corrected chi connectivity index (χ4v) is 1.71. The van der Waals surface area contributed by atoms with Gasteiger partial charge in [0.1, 0.15) is 0 Å². The average Bonchev–Trinajstić information content (AvgIpc) is 2.38. The maximum absolute atomic E-state index is 11.2.